The zero-order valence-corrected chi connectivity index (χ0v) is 12.7. The molecule has 2 saturated carbocycles. The molecule has 104 valence electrons. The lowest BCUT2D eigenvalue weighted by atomic mass is 9.68. The molecule has 3 heteroatoms. The van der Waals surface area contributed by atoms with Crippen LogP contribution in [0.3, 0.4) is 0 Å². The molecule has 2 fully saturated rings. The van der Waals surface area contributed by atoms with Gasteiger partial charge in [0.15, 0.2) is 0 Å². The van der Waals surface area contributed by atoms with Crippen LogP contribution in [0.2, 0.25) is 0 Å². The van der Waals surface area contributed by atoms with Crippen molar-refractivity contribution in [3.05, 3.63) is 0 Å². The Balaban J connectivity index is 2.11. The number of amides is 1. The normalized spacial score (nSPS) is 38.8. The molecule has 0 spiro atoms. The summed E-state index contributed by atoms with van der Waals surface area (Å²) in [7, 11) is 3.66. The summed E-state index contributed by atoms with van der Waals surface area (Å²) in [5, 5.41) is 3.63. The van der Waals surface area contributed by atoms with Crippen molar-refractivity contribution in [2.75, 3.05) is 14.1 Å². The summed E-state index contributed by atoms with van der Waals surface area (Å²) in [6.07, 6.45) is 3.99. The number of nitrogens with one attached hydrogen (secondary N) is 1. The zero-order valence-electron chi connectivity index (χ0n) is 12.7. The van der Waals surface area contributed by atoms with E-state index in [1.165, 1.54) is 19.3 Å². The minimum atomic E-state index is -0.0829. The lowest BCUT2D eigenvalue weighted by Gasteiger charge is -2.44. The first-order valence-electron chi connectivity index (χ1n) is 7.16. The molecule has 2 aliphatic carbocycles. The summed E-state index contributed by atoms with van der Waals surface area (Å²) in [5.74, 6) is 0.999. The predicted molar refractivity (Wildman–Crippen MR) is 74.3 cm³/mol. The van der Waals surface area contributed by atoms with E-state index in [2.05, 4.69) is 26.1 Å². The van der Waals surface area contributed by atoms with Crippen molar-refractivity contribution in [3.8, 4) is 0 Å². The first kappa shape index (κ1) is 13.9. The summed E-state index contributed by atoms with van der Waals surface area (Å²) in [5.41, 5.74) is 0.697. The summed E-state index contributed by atoms with van der Waals surface area (Å²) in [6, 6.07) is 0.378. The third-order valence-electron chi connectivity index (χ3n) is 5.50. The standard InChI is InChI=1S/C15H28N2O/c1-10(12(18)17(5)6)16-13-14(2,3)11-7-8-15(13,4)9-11/h10-11,13,16H,7-9H2,1-6H3. The highest BCUT2D eigenvalue weighted by Crippen LogP contribution is 2.62. The molecule has 1 N–H and O–H groups in total. The van der Waals surface area contributed by atoms with Crippen molar-refractivity contribution in [2.45, 2.75) is 59.0 Å². The fraction of sp³-hybridized carbons (Fsp3) is 0.933. The third kappa shape index (κ3) is 1.97. The number of carbonyl (C=O) groups excluding carboxylic acids is 1. The van der Waals surface area contributed by atoms with Gasteiger partial charge < -0.3 is 10.2 Å². The number of rotatable bonds is 3. The molecule has 0 heterocycles. The summed E-state index contributed by atoms with van der Waals surface area (Å²) < 4.78 is 0. The SMILES string of the molecule is CC(NC1C2(C)CCC(C2)C1(C)C)C(=O)N(C)C. The fourth-order valence-electron chi connectivity index (χ4n) is 4.43. The van der Waals surface area contributed by atoms with E-state index in [9.17, 15) is 4.79 Å². The summed E-state index contributed by atoms with van der Waals surface area (Å²) >= 11 is 0. The van der Waals surface area contributed by atoms with Gasteiger partial charge in [-0.3, -0.25) is 4.79 Å². The van der Waals surface area contributed by atoms with Crippen LogP contribution >= 0.6 is 0 Å². The Hall–Kier alpha value is -0.570. The molecular weight excluding hydrogens is 224 g/mol. The highest BCUT2D eigenvalue weighted by Gasteiger charge is 2.59. The molecule has 2 rings (SSSR count). The molecule has 2 aliphatic rings. The number of carbonyl (C=O) groups is 1. The van der Waals surface area contributed by atoms with Crippen LogP contribution in [0.1, 0.15) is 47.0 Å². The van der Waals surface area contributed by atoms with Crippen LogP contribution in [0.4, 0.5) is 0 Å². The molecule has 0 aromatic carbocycles. The van der Waals surface area contributed by atoms with Crippen LogP contribution in [0, 0.1) is 16.7 Å². The van der Waals surface area contributed by atoms with E-state index in [0.29, 0.717) is 16.9 Å². The van der Waals surface area contributed by atoms with Crippen molar-refractivity contribution >= 4 is 5.91 Å². The van der Waals surface area contributed by atoms with Crippen LogP contribution in [0.25, 0.3) is 0 Å². The van der Waals surface area contributed by atoms with Crippen molar-refractivity contribution in [3.63, 3.8) is 0 Å². The topological polar surface area (TPSA) is 32.3 Å². The molecule has 4 unspecified atom stereocenters. The van der Waals surface area contributed by atoms with Gasteiger partial charge in [0, 0.05) is 20.1 Å². The Morgan fingerprint density at radius 1 is 1.33 bits per heavy atom. The lowest BCUT2D eigenvalue weighted by molar-refractivity contribution is -0.131. The second-order valence-electron chi connectivity index (χ2n) is 7.47. The molecule has 0 aromatic rings. The van der Waals surface area contributed by atoms with E-state index in [-0.39, 0.29) is 11.9 Å². The molecule has 2 bridgehead atoms. The van der Waals surface area contributed by atoms with Gasteiger partial charge in [-0.1, -0.05) is 20.8 Å². The Labute approximate surface area is 111 Å². The minimum Gasteiger partial charge on any atom is -0.347 e. The summed E-state index contributed by atoms with van der Waals surface area (Å²) in [4.78, 5) is 13.7. The number of hydrogen-bond donors (Lipinski definition) is 1. The van der Waals surface area contributed by atoms with E-state index < -0.39 is 0 Å². The monoisotopic (exact) mass is 252 g/mol. The van der Waals surface area contributed by atoms with Crippen LogP contribution in [0.15, 0.2) is 0 Å². The predicted octanol–water partition coefficient (Wildman–Crippen LogP) is 2.27. The average Bonchev–Trinajstić information content (AvgIpc) is 2.74. The zero-order chi connectivity index (χ0) is 13.7. The number of likely N-dealkylation sites (N-methyl/N-ethyl adjacent to an activating group) is 1. The number of fused-ring (bicyclic) bond motifs is 2. The van der Waals surface area contributed by atoms with Gasteiger partial charge >= 0.3 is 0 Å². The average molecular weight is 252 g/mol. The highest BCUT2D eigenvalue weighted by molar-refractivity contribution is 5.81. The molecule has 18 heavy (non-hydrogen) atoms. The number of hydrogen-bond acceptors (Lipinski definition) is 2. The third-order valence-corrected chi connectivity index (χ3v) is 5.50. The van der Waals surface area contributed by atoms with Crippen molar-refractivity contribution < 1.29 is 4.79 Å². The molecule has 1 amide bonds. The number of nitrogens with zero attached hydrogens (tertiary/aromatic N) is 1. The van der Waals surface area contributed by atoms with Gasteiger partial charge in [-0.25, -0.2) is 0 Å². The smallest absolute Gasteiger partial charge is 0.238 e. The van der Waals surface area contributed by atoms with E-state index >= 15 is 0 Å². The molecule has 3 nitrogen and oxygen atoms in total. The maximum absolute atomic E-state index is 12.0. The van der Waals surface area contributed by atoms with Gasteiger partial charge in [0.2, 0.25) is 5.91 Å². The molecule has 0 saturated heterocycles. The molecule has 0 radical (unpaired) electrons. The van der Waals surface area contributed by atoms with Gasteiger partial charge in [0.05, 0.1) is 6.04 Å². The Kier molecular flexibility index (Phi) is 3.25. The highest BCUT2D eigenvalue weighted by atomic mass is 16.2. The summed E-state index contributed by atoms with van der Waals surface area (Å²) in [6.45, 7) is 9.12. The Morgan fingerprint density at radius 2 is 1.94 bits per heavy atom. The van der Waals surface area contributed by atoms with E-state index in [4.69, 9.17) is 0 Å². The van der Waals surface area contributed by atoms with E-state index in [1.807, 2.05) is 21.0 Å². The minimum absolute atomic E-state index is 0.0829. The van der Waals surface area contributed by atoms with Gasteiger partial charge in [-0.2, -0.15) is 0 Å². The van der Waals surface area contributed by atoms with Gasteiger partial charge in [-0.15, -0.1) is 0 Å². The quantitative estimate of drug-likeness (QED) is 0.835. The molecule has 4 atom stereocenters. The maximum Gasteiger partial charge on any atom is 0.238 e. The first-order valence-corrected chi connectivity index (χ1v) is 7.16. The first-order chi connectivity index (χ1) is 8.18. The van der Waals surface area contributed by atoms with E-state index in [1.54, 1.807) is 4.90 Å². The lowest BCUT2D eigenvalue weighted by Crippen LogP contribution is -2.56. The van der Waals surface area contributed by atoms with E-state index in [0.717, 1.165) is 5.92 Å². The van der Waals surface area contributed by atoms with Gasteiger partial charge in [0.25, 0.3) is 0 Å². The molecule has 0 aromatic heterocycles. The van der Waals surface area contributed by atoms with Crippen molar-refractivity contribution in [1.29, 1.82) is 0 Å². The Morgan fingerprint density at radius 3 is 2.39 bits per heavy atom. The fourth-order valence-corrected chi connectivity index (χ4v) is 4.43. The van der Waals surface area contributed by atoms with Crippen molar-refractivity contribution in [2.24, 2.45) is 16.7 Å². The largest absolute Gasteiger partial charge is 0.347 e. The van der Waals surface area contributed by atoms with Crippen LogP contribution in [-0.4, -0.2) is 37.0 Å². The second-order valence-corrected chi connectivity index (χ2v) is 7.47. The van der Waals surface area contributed by atoms with Crippen LogP contribution < -0.4 is 5.32 Å². The van der Waals surface area contributed by atoms with Crippen LogP contribution in [0.5, 0.6) is 0 Å². The van der Waals surface area contributed by atoms with Crippen LogP contribution in [-0.2, 0) is 4.79 Å². The second kappa shape index (κ2) is 4.22. The molecular formula is C15H28N2O. The van der Waals surface area contributed by atoms with Gasteiger partial charge in [-0.05, 0) is 42.9 Å². The van der Waals surface area contributed by atoms with Gasteiger partial charge in [0.1, 0.15) is 0 Å². The Bertz CT molecular complexity index is 346. The van der Waals surface area contributed by atoms with Crippen molar-refractivity contribution in [1.82, 2.24) is 10.2 Å². The molecule has 0 aliphatic heterocycles. The maximum atomic E-state index is 12.0.